The molecule has 0 spiro atoms. The number of pyridine rings is 1. The average Bonchev–Trinajstić information content (AvgIpc) is 2.55. The van der Waals surface area contributed by atoms with Crippen molar-refractivity contribution in [3.05, 3.63) is 65.9 Å². The number of methoxy groups -OCH3 is 1. The molecule has 0 fully saturated rings. The predicted octanol–water partition coefficient (Wildman–Crippen LogP) is 3.80. The van der Waals surface area contributed by atoms with Crippen LogP contribution in [-0.2, 0) is 0 Å². The van der Waals surface area contributed by atoms with E-state index in [2.05, 4.69) is 10.3 Å². The summed E-state index contributed by atoms with van der Waals surface area (Å²) < 4.78 is 5.26. The van der Waals surface area contributed by atoms with Gasteiger partial charge in [0.05, 0.1) is 18.3 Å². The van der Waals surface area contributed by atoms with E-state index in [1.165, 1.54) is 0 Å². The summed E-state index contributed by atoms with van der Waals surface area (Å²) in [5, 5.41) is 3.90. The number of nitrogens with one attached hydrogen (secondary N) is 1. The Hall–Kier alpha value is -2.88. The Morgan fingerprint density at radius 3 is 2.77 bits per heavy atom. The number of carbonyl (C=O) groups is 1. The van der Waals surface area contributed by atoms with Gasteiger partial charge in [-0.2, -0.15) is 0 Å². The number of ether oxygens (including phenoxy) is 1. The van der Waals surface area contributed by atoms with Gasteiger partial charge in [-0.1, -0.05) is 24.3 Å². The molecule has 4 heteroatoms. The van der Waals surface area contributed by atoms with Gasteiger partial charge in [0, 0.05) is 17.1 Å². The van der Waals surface area contributed by atoms with Gasteiger partial charge < -0.3 is 10.1 Å². The zero-order valence-corrected chi connectivity index (χ0v) is 12.5. The Labute approximate surface area is 128 Å². The standard InChI is InChI=1S/C18H16N2O2/c1-12-8-9-14(11-16(12)22-2)18(21)20-15-7-3-5-13-6-4-10-19-17(13)15/h3-11H,1-2H3,(H,20,21). The monoisotopic (exact) mass is 292 g/mol. The van der Waals surface area contributed by atoms with Crippen molar-refractivity contribution >= 4 is 22.5 Å². The van der Waals surface area contributed by atoms with Crippen LogP contribution in [0.1, 0.15) is 15.9 Å². The minimum absolute atomic E-state index is 0.184. The molecule has 110 valence electrons. The van der Waals surface area contributed by atoms with Crippen LogP contribution in [0, 0.1) is 6.92 Å². The van der Waals surface area contributed by atoms with E-state index >= 15 is 0 Å². The van der Waals surface area contributed by atoms with Gasteiger partial charge in [0.15, 0.2) is 0 Å². The first-order chi connectivity index (χ1) is 10.7. The second-order valence-electron chi connectivity index (χ2n) is 5.02. The first kappa shape index (κ1) is 14.1. The van der Waals surface area contributed by atoms with Gasteiger partial charge in [0.25, 0.3) is 5.91 Å². The number of aromatic nitrogens is 1. The second-order valence-corrected chi connectivity index (χ2v) is 5.02. The number of hydrogen-bond donors (Lipinski definition) is 1. The van der Waals surface area contributed by atoms with Crippen LogP contribution in [0.2, 0.25) is 0 Å². The number of para-hydroxylation sites is 1. The van der Waals surface area contributed by atoms with Crippen molar-refractivity contribution in [3.8, 4) is 5.75 Å². The molecule has 0 radical (unpaired) electrons. The normalized spacial score (nSPS) is 10.5. The number of hydrogen-bond acceptors (Lipinski definition) is 3. The Morgan fingerprint density at radius 1 is 1.14 bits per heavy atom. The molecular formula is C18H16N2O2. The molecule has 0 aliphatic rings. The first-order valence-electron chi connectivity index (χ1n) is 6.99. The number of anilines is 1. The number of aryl methyl sites for hydroxylation is 1. The maximum Gasteiger partial charge on any atom is 0.255 e. The van der Waals surface area contributed by atoms with E-state index in [4.69, 9.17) is 4.74 Å². The van der Waals surface area contributed by atoms with Gasteiger partial charge in [-0.25, -0.2) is 0 Å². The summed E-state index contributed by atoms with van der Waals surface area (Å²) in [5.74, 6) is 0.514. The predicted molar refractivity (Wildman–Crippen MR) is 87.4 cm³/mol. The highest BCUT2D eigenvalue weighted by molar-refractivity contribution is 6.08. The van der Waals surface area contributed by atoms with Gasteiger partial charge in [-0.15, -0.1) is 0 Å². The van der Waals surface area contributed by atoms with Gasteiger partial charge >= 0.3 is 0 Å². The van der Waals surface area contributed by atoms with Gasteiger partial charge in [0.1, 0.15) is 5.75 Å². The lowest BCUT2D eigenvalue weighted by Crippen LogP contribution is -2.12. The number of carbonyl (C=O) groups excluding carboxylic acids is 1. The van der Waals surface area contributed by atoms with Crippen LogP contribution in [-0.4, -0.2) is 18.0 Å². The number of nitrogens with zero attached hydrogens (tertiary/aromatic N) is 1. The van der Waals surface area contributed by atoms with Crippen LogP contribution in [0.25, 0.3) is 10.9 Å². The van der Waals surface area contributed by atoms with E-state index in [-0.39, 0.29) is 5.91 Å². The van der Waals surface area contributed by atoms with E-state index in [9.17, 15) is 4.79 Å². The molecule has 1 aromatic heterocycles. The molecule has 3 aromatic rings. The molecule has 3 rings (SSSR count). The lowest BCUT2D eigenvalue weighted by atomic mass is 10.1. The fourth-order valence-electron chi connectivity index (χ4n) is 2.36. The Kier molecular flexibility index (Phi) is 3.74. The molecule has 0 unspecified atom stereocenters. The zero-order valence-electron chi connectivity index (χ0n) is 12.5. The molecule has 2 aromatic carbocycles. The largest absolute Gasteiger partial charge is 0.496 e. The lowest BCUT2D eigenvalue weighted by Gasteiger charge is -2.10. The van der Waals surface area contributed by atoms with Crippen molar-refractivity contribution in [3.63, 3.8) is 0 Å². The van der Waals surface area contributed by atoms with E-state index < -0.39 is 0 Å². The van der Waals surface area contributed by atoms with Crippen molar-refractivity contribution in [2.24, 2.45) is 0 Å². The topological polar surface area (TPSA) is 51.2 Å². The molecule has 0 bridgehead atoms. The molecule has 0 aliphatic heterocycles. The quantitative estimate of drug-likeness (QED) is 0.798. The van der Waals surface area contributed by atoms with E-state index in [1.807, 2.05) is 43.3 Å². The molecule has 1 heterocycles. The Morgan fingerprint density at radius 2 is 1.95 bits per heavy atom. The third kappa shape index (κ3) is 2.63. The van der Waals surface area contributed by atoms with Crippen molar-refractivity contribution < 1.29 is 9.53 Å². The molecule has 0 atom stereocenters. The zero-order chi connectivity index (χ0) is 15.5. The smallest absolute Gasteiger partial charge is 0.255 e. The summed E-state index contributed by atoms with van der Waals surface area (Å²) in [6, 6.07) is 14.9. The van der Waals surface area contributed by atoms with Crippen LogP contribution in [0.5, 0.6) is 5.75 Å². The summed E-state index contributed by atoms with van der Waals surface area (Å²) in [5.41, 5.74) is 3.02. The molecular weight excluding hydrogens is 276 g/mol. The van der Waals surface area contributed by atoms with Gasteiger partial charge in [0.2, 0.25) is 0 Å². The molecule has 0 saturated heterocycles. The number of fused-ring (bicyclic) bond motifs is 1. The van der Waals surface area contributed by atoms with E-state index in [0.717, 1.165) is 16.5 Å². The summed E-state index contributed by atoms with van der Waals surface area (Å²) >= 11 is 0. The first-order valence-corrected chi connectivity index (χ1v) is 6.99. The summed E-state index contributed by atoms with van der Waals surface area (Å²) in [6.07, 6.45) is 1.72. The fourth-order valence-corrected chi connectivity index (χ4v) is 2.36. The third-order valence-electron chi connectivity index (χ3n) is 3.55. The maximum absolute atomic E-state index is 12.4. The highest BCUT2D eigenvalue weighted by Gasteiger charge is 2.11. The van der Waals surface area contributed by atoms with E-state index in [0.29, 0.717) is 17.0 Å². The molecule has 0 aliphatic carbocycles. The van der Waals surface area contributed by atoms with Crippen LogP contribution in [0.4, 0.5) is 5.69 Å². The fraction of sp³-hybridized carbons (Fsp3) is 0.111. The second kappa shape index (κ2) is 5.85. The third-order valence-corrected chi connectivity index (χ3v) is 3.55. The van der Waals surface area contributed by atoms with Gasteiger partial charge in [-0.05, 0) is 36.8 Å². The van der Waals surface area contributed by atoms with Crippen molar-refractivity contribution in [1.29, 1.82) is 0 Å². The number of amides is 1. The Balaban J connectivity index is 1.93. The van der Waals surface area contributed by atoms with Crippen LogP contribution >= 0.6 is 0 Å². The minimum Gasteiger partial charge on any atom is -0.496 e. The van der Waals surface area contributed by atoms with Crippen molar-refractivity contribution in [1.82, 2.24) is 4.98 Å². The molecule has 4 nitrogen and oxygen atoms in total. The highest BCUT2D eigenvalue weighted by Crippen LogP contribution is 2.23. The SMILES string of the molecule is COc1cc(C(=O)Nc2cccc3cccnc23)ccc1C. The summed E-state index contributed by atoms with van der Waals surface area (Å²) in [4.78, 5) is 16.8. The van der Waals surface area contributed by atoms with Crippen LogP contribution in [0.15, 0.2) is 54.7 Å². The summed E-state index contributed by atoms with van der Waals surface area (Å²) in [6.45, 7) is 1.94. The number of rotatable bonds is 3. The van der Waals surface area contributed by atoms with Gasteiger partial charge in [-0.3, -0.25) is 9.78 Å². The maximum atomic E-state index is 12.4. The van der Waals surface area contributed by atoms with Crippen LogP contribution < -0.4 is 10.1 Å². The average molecular weight is 292 g/mol. The Bertz CT molecular complexity index is 838. The lowest BCUT2D eigenvalue weighted by molar-refractivity contribution is 0.102. The number of benzene rings is 2. The minimum atomic E-state index is -0.184. The van der Waals surface area contributed by atoms with E-state index in [1.54, 1.807) is 25.4 Å². The molecule has 1 N–H and O–H groups in total. The van der Waals surface area contributed by atoms with Crippen LogP contribution in [0.3, 0.4) is 0 Å². The van der Waals surface area contributed by atoms with Crippen molar-refractivity contribution in [2.75, 3.05) is 12.4 Å². The molecule has 0 saturated carbocycles. The van der Waals surface area contributed by atoms with Crippen molar-refractivity contribution in [2.45, 2.75) is 6.92 Å². The highest BCUT2D eigenvalue weighted by atomic mass is 16.5. The molecule has 1 amide bonds. The molecule has 22 heavy (non-hydrogen) atoms. The summed E-state index contributed by atoms with van der Waals surface area (Å²) in [7, 11) is 1.60.